The molecule has 7 heteroatoms. The fourth-order valence-corrected chi connectivity index (χ4v) is 2.85. The van der Waals surface area contributed by atoms with Crippen LogP contribution < -0.4 is 0 Å². The number of ether oxygens (including phenoxy) is 1. The van der Waals surface area contributed by atoms with Crippen LogP contribution in [-0.4, -0.2) is 35.6 Å². The highest BCUT2D eigenvalue weighted by Gasteiger charge is 2.38. The second kappa shape index (κ2) is 7.02. The third kappa shape index (κ3) is 4.46. The van der Waals surface area contributed by atoms with E-state index in [9.17, 15) is 22.8 Å². The van der Waals surface area contributed by atoms with Gasteiger partial charge in [0.25, 0.3) is 0 Å². The van der Waals surface area contributed by atoms with Crippen LogP contribution in [0.3, 0.4) is 0 Å². The van der Waals surface area contributed by atoms with Crippen molar-refractivity contribution in [3.8, 4) is 0 Å². The Morgan fingerprint density at radius 3 is 2.48 bits per heavy atom. The highest BCUT2D eigenvalue weighted by molar-refractivity contribution is 6.32. The zero-order chi connectivity index (χ0) is 17.0. The van der Waals surface area contributed by atoms with Crippen LogP contribution >= 0.6 is 0 Å². The largest absolute Gasteiger partial charge is 0.449 e. The van der Waals surface area contributed by atoms with Gasteiger partial charge < -0.3 is 9.64 Å². The summed E-state index contributed by atoms with van der Waals surface area (Å²) in [5.74, 6) is -2.48. The molecule has 0 N–H and O–H groups in total. The van der Waals surface area contributed by atoms with Gasteiger partial charge in [-0.05, 0) is 31.7 Å². The number of hydrogen-bond donors (Lipinski definition) is 0. The summed E-state index contributed by atoms with van der Waals surface area (Å²) in [4.78, 5) is 25.3. The molecule has 1 aromatic rings. The summed E-state index contributed by atoms with van der Waals surface area (Å²) in [5.41, 5.74) is 0.857. The Bertz CT molecular complexity index is 559. The number of esters is 1. The van der Waals surface area contributed by atoms with E-state index in [0.717, 1.165) is 12.0 Å². The molecule has 1 heterocycles. The number of amides is 1. The van der Waals surface area contributed by atoms with Crippen molar-refractivity contribution < 1.29 is 27.5 Å². The van der Waals surface area contributed by atoms with Crippen molar-refractivity contribution in [2.75, 3.05) is 6.61 Å². The fourth-order valence-electron chi connectivity index (χ4n) is 2.85. The minimum atomic E-state index is -4.65. The number of carbonyl (C=O) groups is 2. The molecule has 2 rings (SSSR count). The molecule has 0 unspecified atom stereocenters. The van der Waals surface area contributed by atoms with E-state index >= 15 is 0 Å². The Balaban J connectivity index is 2.15. The molecule has 23 heavy (non-hydrogen) atoms. The lowest BCUT2D eigenvalue weighted by molar-refractivity contribution is -0.190. The summed E-state index contributed by atoms with van der Waals surface area (Å²) in [5, 5.41) is 0. The third-order valence-corrected chi connectivity index (χ3v) is 3.87. The second-order valence-electron chi connectivity index (χ2n) is 5.61. The molecule has 1 aromatic carbocycles. The fraction of sp³-hybridized carbons (Fsp3) is 0.500. The minimum absolute atomic E-state index is 0.236. The summed E-state index contributed by atoms with van der Waals surface area (Å²) in [6, 6.07) is 8.58. The lowest BCUT2D eigenvalue weighted by Gasteiger charge is -2.40. The monoisotopic (exact) mass is 329 g/mol. The molecule has 0 aliphatic carbocycles. The number of halogens is 3. The van der Waals surface area contributed by atoms with Gasteiger partial charge in [0.1, 0.15) is 0 Å². The highest BCUT2D eigenvalue weighted by Crippen LogP contribution is 2.34. The number of benzene rings is 1. The van der Waals surface area contributed by atoms with Gasteiger partial charge in [-0.25, -0.2) is 4.79 Å². The van der Waals surface area contributed by atoms with Crippen molar-refractivity contribution in [2.24, 2.45) is 0 Å². The van der Waals surface area contributed by atoms with Gasteiger partial charge in [-0.1, -0.05) is 30.3 Å². The Hall–Kier alpha value is -2.05. The van der Waals surface area contributed by atoms with Crippen LogP contribution in [0.5, 0.6) is 0 Å². The molecule has 1 fully saturated rings. The molecule has 1 aliphatic heterocycles. The van der Waals surface area contributed by atoms with Crippen molar-refractivity contribution in [2.45, 2.75) is 44.4 Å². The van der Waals surface area contributed by atoms with E-state index in [1.54, 1.807) is 6.92 Å². The van der Waals surface area contributed by atoms with Crippen molar-refractivity contribution in [1.29, 1.82) is 0 Å². The number of likely N-dealkylation sites (tertiary alicyclic amines) is 1. The average Bonchev–Trinajstić information content (AvgIpc) is 2.52. The lowest BCUT2D eigenvalue weighted by Crippen LogP contribution is -2.48. The predicted molar refractivity (Wildman–Crippen MR) is 76.4 cm³/mol. The van der Waals surface area contributed by atoms with Crippen molar-refractivity contribution in [1.82, 2.24) is 4.90 Å². The van der Waals surface area contributed by atoms with Crippen LogP contribution in [-0.2, 0) is 14.3 Å². The molecule has 2 atom stereocenters. The molecule has 126 valence electrons. The highest BCUT2D eigenvalue weighted by atomic mass is 19.4. The van der Waals surface area contributed by atoms with Crippen molar-refractivity contribution in [3.05, 3.63) is 35.9 Å². The number of nitrogens with zero attached hydrogens (tertiary/aromatic N) is 1. The average molecular weight is 329 g/mol. The molecule has 1 saturated heterocycles. The normalized spacial score (nSPS) is 21.8. The maximum absolute atomic E-state index is 12.3. The quantitative estimate of drug-likeness (QED) is 0.618. The second-order valence-corrected chi connectivity index (χ2v) is 5.61. The van der Waals surface area contributed by atoms with Gasteiger partial charge in [-0.15, -0.1) is 0 Å². The molecule has 0 spiro atoms. The van der Waals surface area contributed by atoms with E-state index in [0.29, 0.717) is 12.8 Å². The zero-order valence-electron chi connectivity index (χ0n) is 12.7. The first kappa shape index (κ1) is 17.3. The molecule has 0 bridgehead atoms. The number of piperidine rings is 1. The maximum atomic E-state index is 12.3. The van der Waals surface area contributed by atoms with Crippen LogP contribution in [0.4, 0.5) is 13.2 Å². The Morgan fingerprint density at radius 1 is 1.22 bits per heavy atom. The third-order valence-electron chi connectivity index (χ3n) is 3.87. The van der Waals surface area contributed by atoms with E-state index < -0.39 is 24.7 Å². The van der Waals surface area contributed by atoms with Gasteiger partial charge in [-0.2, -0.15) is 13.2 Å². The Kier molecular flexibility index (Phi) is 5.28. The molecule has 1 amide bonds. The minimum Gasteiger partial charge on any atom is -0.449 e. The number of alkyl halides is 3. The standard InChI is InChI=1S/C16H18F3NO3/c1-11-6-5-9-13(12-7-3-2-4-8-12)20(11)14(21)15(22)23-10-16(17,18)19/h2-4,7-8,11,13H,5-6,9-10H2,1H3/t11-,13-/m1/s1. The first-order valence-electron chi connectivity index (χ1n) is 7.40. The molecule has 0 saturated carbocycles. The van der Waals surface area contributed by atoms with Gasteiger partial charge in [0.05, 0.1) is 6.04 Å². The lowest BCUT2D eigenvalue weighted by atomic mass is 9.91. The molecular formula is C16H18F3NO3. The number of hydrogen-bond acceptors (Lipinski definition) is 3. The van der Waals surface area contributed by atoms with Crippen molar-refractivity contribution in [3.63, 3.8) is 0 Å². The zero-order valence-corrected chi connectivity index (χ0v) is 12.7. The van der Waals surface area contributed by atoms with Gasteiger partial charge in [0.15, 0.2) is 6.61 Å². The summed E-state index contributed by atoms with van der Waals surface area (Å²) < 4.78 is 40.5. The predicted octanol–water partition coefficient (Wildman–Crippen LogP) is 3.23. The van der Waals surface area contributed by atoms with E-state index in [2.05, 4.69) is 4.74 Å². The first-order chi connectivity index (χ1) is 10.8. The SMILES string of the molecule is C[C@@H]1CCC[C@H](c2ccccc2)N1C(=O)C(=O)OCC(F)(F)F. The first-order valence-corrected chi connectivity index (χ1v) is 7.40. The van der Waals surface area contributed by atoms with Gasteiger partial charge in [0.2, 0.25) is 0 Å². The van der Waals surface area contributed by atoms with Crippen LogP contribution in [0.1, 0.15) is 37.8 Å². The van der Waals surface area contributed by atoms with Crippen LogP contribution in [0.15, 0.2) is 30.3 Å². The molecule has 0 radical (unpaired) electrons. The Morgan fingerprint density at radius 2 is 1.87 bits per heavy atom. The van der Waals surface area contributed by atoms with E-state index in [-0.39, 0.29) is 12.1 Å². The van der Waals surface area contributed by atoms with E-state index in [1.807, 2.05) is 30.3 Å². The van der Waals surface area contributed by atoms with Crippen LogP contribution in [0, 0.1) is 0 Å². The molecular weight excluding hydrogens is 311 g/mol. The van der Waals surface area contributed by atoms with Crippen LogP contribution in [0.25, 0.3) is 0 Å². The molecule has 1 aliphatic rings. The number of carbonyl (C=O) groups excluding carboxylic acids is 2. The van der Waals surface area contributed by atoms with E-state index in [1.165, 1.54) is 4.90 Å². The molecule has 0 aromatic heterocycles. The smallest absolute Gasteiger partial charge is 0.422 e. The summed E-state index contributed by atoms with van der Waals surface area (Å²) >= 11 is 0. The summed E-state index contributed by atoms with van der Waals surface area (Å²) in [7, 11) is 0. The summed E-state index contributed by atoms with van der Waals surface area (Å²) in [6.45, 7) is 0.0276. The van der Waals surface area contributed by atoms with E-state index in [4.69, 9.17) is 0 Å². The van der Waals surface area contributed by atoms with Gasteiger partial charge in [0, 0.05) is 6.04 Å². The topological polar surface area (TPSA) is 46.6 Å². The van der Waals surface area contributed by atoms with Crippen LogP contribution in [0.2, 0.25) is 0 Å². The maximum Gasteiger partial charge on any atom is 0.422 e. The van der Waals surface area contributed by atoms with Crippen molar-refractivity contribution >= 4 is 11.9 Å². The Labute approximate surface area is 132 Å². The summed E-state index contributed by atoms with van der Waals surface area (Å²) in [6.07, 6.45) is -2.42. The molecule has 4 nitrogen and oxygen atoms in total. The van der Waals surface area contributed by atoms with Gasteiger partial charge in [-0.3, -0.25) is 4.79 Å². The number of rotatable bonds is 2. The van der Waals surface area contributed by atoms with Gasteiger partial charge >= 0.3 is 18.1 Å².